The largest absolute Gasteiger partial charge is 0.493 e. The van der Waals surface area contributed by atoms with Crippen LogP contribution in [-0.4, -0.2) is 50.5 Å². The van der Waals surface area contributed by atoms with Gasteiger partial charge in [-0.3, -0.25) is 9.59 Å². The lowest BCUT2D eigenvalue weighted by Crippen LogP contribution is -2.49. The number of nitrogens with zero attached hydrogens (tertiary/aromatic N) is 4. The van der Waals surface area contributed by atoms with Crippen LogP contribution in [0.2, 0.25) is 0 Å². The number of rotatable bonds is 3. The number of ether oxygens (including phenoxy) is 1. The fraction of sp³-hybridized carbons (Fsp3) is 0.375. The van der Waals surface area contributed by atoms with Crippen molar-refractivity contribution < 1.29 is 31.5 Å². The number of hydrogen-bond donors (Lipinski definition) is 0. The first-order valence-electron chi connectivity index (χ1n) is 11.2. The number of aryl methyl sites for hydroxylation is 1. The van der Waals surface area contributed by atoms with E-state index in [0.717, 1.165) is 12.1 Å². The highest BCUT2D eigenvalue weighted by Gasteiger charge is 2.83. The summed E-state index contributed by atoms with van der Waals surface area (Å²) < 4.78 is 78.6. The molecular weight excluding hydrogens is 487 g/mol. The maximum Gasteiger partial charge on any atom is 0.416 e. The summed E-state index contributed by atoms with van der Waals surface area (Å²) in [5, 5.41) is 0. The molecule has 4 heterocycles. The van der Waals surface area contributed by atoms with Crippen LogP contribution in [0.25, 0.3) is 5.69 Å². The summed E-state index contributed by atoms with van der Waals surface area (Å²) in [6.45, 7) is 0.923. The molecule has 1 fully saturated rings. The average molecular weight is 506 g/mol. The fourth-order valence-electron chi connectivity index (χ4n) is 5.46. The molecule has 3 aliphatic rings. The molecule has 1 aromatic carbocycles. The molecular formula is C24H19F5N4O3. The summed E-state index contributed by atoms with van der Waals surface area (Å²) in [5.41, 5.74) is -2.72. The number of carbonyl (C=O) groups is 1. The highest BCUT2D eigenvalue weighted by molar-refractivity contribution is 5.93. The van der Waals surface area contributed by atoms with Crippen molar-refractivity contribution in [3.63, 3.8) is 0 Å². The third kappa shape index (κ3) is 2.99. The van der Waals surface area contributed by atoms with Gasteiger partial charge in [-0.05, 0) is 37.3 Å². The zero-order valence-corrected chi connectivity index (χ0v) is 18.9. The summed E-state index contributed by atoms with van der Waals surface area (Å²) in [4.78, 5) is 31.6. The van der Waals surface area contributed by atoms with Gasteiger partial charge < -0.3 is 18.8 Å². The third-order valence-electron chi connectivity index (χ3n) is 7.42. The van der Waals surface area contributed by atoms with Gasteiger partial charge in [-0.15, -0.1) is 0 Å². The van der Waals surface area contributed by atoms with Crippen LogP contribution < -0.4 is 10.3 Å². The number of fused-ring (bicyclic) bond motifs is 4. The van der Waals surface area contributed by atoms with E-state index in [9.17, 15) is 22.8 Å². The van der Waals surface area contributed by atoms with E-state index in [-0.39, 0.29) is 42.4 Å². The van der Waals surface area contributed by atoms with Crippen molar-refractivity contribution in [1.82, 2.24) is 19.0 Å². The Morgan fingerprint density at radius 2 is 1.92 bits per heavy atom. The van der Waals surface area contributed by atoms with Gasteiger partial charge in [0.1, 0.15) is 17.1 Å². The summed E-state index contributed by atoms with van der Waals surface area (Å²) in [5.74, 6) is -5.40. The predicted molar refractivity (Wildman–Crippen MR) is 116 cm³/mol. The fourth-order valence-corrected chi connectivity index (χ4v) is 5.46. The van der Waals surface area contributed by atoms with Crippen LogP contribution in [0.15, 0.2) is 47.7 Å². The number of alkyl halides is 5. The lowest BCUT2D eigenvalue weighted by atomic mass is 9.88. The van der Waals surface area contributed by atoms with Crippen LogP contribution in [0.5, 0.6) is 5.75 Å². The van der Waals surface area contributed by atoms with E-state index in [2.05, 4.69) is 4.98 Å². The number of pyridine rings is 1. The van der Waals surface area contributed by atoms with Crippen LogP contribution in [0.1, 0.15) is 27.3 Å². The van der Waals surface area contributed by atoms with Crippen molar-refractivity contribution in [3.05, 3.63) is 75.7 Å². The molecule has 12 heteroatoms. The maximum atomic E-state index is 15.2. The molecule has 0 bridgehead atoms. The lowest BCUT2D eigenvalue weighted by Gasteiger charge is -2.35. The first-order valence-corrected chi connectivity index (χ1v) is 11.2. The number of imidazole rings is 1. The van der Waals surface area contributed by atoms with Crippen molar-refractivity contribution in [2.45, 2.75) is 31.0 Å². The van der Waals surface area contributed by atoms with Crippen molar-refractivity contribution >= 4 is 5.91 Å². The molecule has 0 saturated heterocycles. The number of amides is 1. The number of halogens is 5. The molecule has 36 heavy (non-hydrogen) atoms. The van der Waals surface area contributed by atoms with E-state index in [1.807, 2.05) is 0 Å². The first kappa shape index (κ1) is 22.7. The Bertz CT molecular complexity index is 1480. The Labute approximate surface area is 200 Å². The summed E-state index contributed by atoms with van der Waals surface area (Å²) in [6, 6.07) is 5.45. The lowest BCUT2D eigenvalue weighted by molar-refractivity contribution is -0.137. The van der Waals surface area contributed by atoms with E-state index in [1.165, 1.54) is 32.5 Å². The Morgan fingerprint density at radius 1 is 1.14 bits per heavy atom. The summed E-state index contributed by atoms with van der Waals surface area (Å²) in [6.07, 6.45) is -1.59. The molecule has 7 nitrogen and oxygen atoms in total. The number of aromatic nitrogens is 3. The van der Waals surface area contributed by atoms with Crippen molar-refractivity contribution in [2.75, 3.05) is 19.7 Å². The van der Waals surface area contributed by atoms with E-state index < -0.39 is 47.0 Å². The molecule has 1 aliphatic carbocycles. The monoisotopic (exact) mass is 506 g/mol. The number of carbonyl (C=O) groups excluding carboxylic acids is 1. The minimum Gasteiger partial charge on any atom is -0.493 e. The van der Waals surface area contributed by atoms with Crippen molar-refractivity contribution in [1.29, 1.82) is 0 Å². The predicted octanol–water partition coefficient (Wildman–Crippen LogP) is 3.41. The molecule has 0 spiro atoms. The zero-order valence-electron chi connectivity index (χ0n) is 18.9. The molecule has 3 aromatic rings. The van der Waals surface area contributed by atoms with Gasteiger partial charge in [-0.25, -0.2) is 13.8 Å². The van der Waals surface area contributed by atoms with Crippen molar-refractivity contribution in [3.8, 4) is 11.4 Å². The molecule has 0 N–H and O–H groups in total. The normalized spacial score (nSPS) is 24.0. The zero-order chi connectivity index (χ0) is 25.6. The third-order valence-corrected chi connectivity index (χ3v) is 7.42. The number of benzene rings is 1. The number of hydrogen-bond acceptors (Lipinski definition) is 4. The molecule has 2 aromatic heterocycles. The topological polar surface area (TPSA) is 69.4 Å². The van der Waals surface area contributed by atoms with E-state index in [0.29, 0.717) is 11.8 Å². The second kappa shape index (κ2) is 7.17. The van der Waals surface area contributed by atoms with Crippen LogP contribution in [-0.2, 0) is 18.1 Å². The molecule has 1 amide bonds. The Hall–Kier alpha value is -3.70. The highest BCUT2D eigenvalue weighted by Crippen LogP contribution is 2.70. The van der Waals surface area contributed by atoms with Crippen LogP contribution in [0.4, 0.5) is 22.0 Å². The van der Waals surface area contributed by atoms with Crippen LogP contribution in [0.3, 0.4) is 0 Å². The van der Waals surface area contributed by atoms with Gasteiger partial charge in [-0.1, -0.05) is 0 Å². The summed E-state index contributed by atoms with van der Waals surface area (Å²) >= 11 is 0. The van der Waals surface area contributed by atoms with Crippen LogP contribution in [0, 0.1) is 12.8 Å². The van der Waals surface area contributed by atoms with E-state index in [1.54, 1.807) is 13.1 Å². The van der Waals surface area contributed by atoms with Crippen molar-refractivity contribution in [2.24, 2.45) is 5.92 Å². The molecule has 0 radical (unpaired) electrons. The Morgan fingerprint density at radius 3 is 2.61 bits per heavy atom. The Kier molecular flexibility index (Phi) is 4.53. The van der Waals surface area contributed by atoms with Gasteiger partial charge in [-0.2, -0.15) is 13.2 Å². The minimum absolute atomic E-state index is 0.0279. The molecule has 188 valence electrons. The quantitative estimate of drug-likeness (QED) is 0.511. The van der Waals surface area contributed by atoms with Gasteiger partial charge in [0, 0.05) is 31.4 Å². The van der Waals surface area contributed by atoms with Crippen LogP contribution >= 0.6 is 0 Å². The molecule has 0 unspecified atom stereocenters. The van der Waals surface area contributed by atoms with Gasteiger partial charge >= 0.3 is 6.18 Å². The highest BCUT2D eigenvalue weighted by atomic mass is 19.4. The van der Waals surface area contributed by atoms with Gasteiger partial charge in [0.15, 0.2) is 0 Å². The SMILES string of the molecule is Cc1cn(-c2ccc3n(c2=O)CCN(C[C@@]24c5cc(C(F)(F)F)ccc5OC[C@@H]2C4(F)F)C3=O)cn1. The van der Waals surface area contributed by atoms with Gasteiger partial charge in [0.25, 0.3) is 17.4 Å². The molecule has 6 rings (SSSR count). The molecule has 1 saturated carbocycles. The average Bonchev–Trinajstić information content (AvgIpc) is 3.07. The van der Waals surface area contributed by atoms with E-state index >= 15 is 8.78 Å². The standard InChI is InChI=1S/C24H19F5N4O3/c1-13-9-32(12-30-13)16-3-4-17-20(34)31(6-7-33(17)21(16)35)11-22-15-8-14(24(27,28)29)2-5-18(15)36-10-19(22)23(22,25)26/h2-5,8-9,12,19H,6-7,10-11H2,1H3/t19-,22+/m0/s1. The summed E-state index contributed by atoms with van der Waals surface area (Å²) in [7, 11) is 0. The minimum atomic E-state index is -4.72. The Balaban J connectivity index is 1.36. The maximum absolute atomic E-state index is 15.2. The smallest absolute Gasteiger partial charge is 0.416 e. The molecule has 2 aliphatic heterocycles. The first-order chi connectivity index (χ1) is 16.9. The second-order valence-corrected chi connectivity index (χ2v) is 9.38. The van der Waals surface area contributed by atoms with E-state index in [4.69, 9.17) is 4.74 Å². The molecule has 2 atom stereocenters. The second-order valence-electron chi connectivity index (χ2n) is 9.38. The van der Waals surface area contributed by atoms with Gasteiger partial charge in [0.2, 0.25) is 0 Å². The van der Waals surface area contributed by atoms with Gasteiger partial charge in [0.05, 0.1) is 35.5 Å².